The van der Waals surface area contributed by atoms with Crippen molar-refractivity contribution in [1.29, 1.82) is 0 Å². The number of rotatable bonds is 6. The van der Waals surface area contributed by atoms with E-state index >= 15 is 0 Å². The van der Waals surface area contributed by atoms with Gasteiger partial charge in [0.2, 0.25) is 0 Å². The highest BCUT2D eigenvalue weighted by Gasteiger charge is 2.12. The van der Waals surface area contributed by atoms with E-state index in [-0.39, 0.29) is 18.1 Å². The van der Waals surface area contributed by atoms with Gasteiger partial charge in [0.1, 0.15) is 0 Å². The fourth-order valence-electron chi connectivity index (χ4n) is 2.87. The first-order chi connectivity index (χ1) is 12.6. The topological polar surface area (TPSA) is 59.0 Å². The summed E-state index contributed by atoms with van der Waals surface area (Å²) >= 11 is 0. The van der Waals surface area contributed by atoms with E-state index in [0.717, 1.165) is 5.56 Å². The van der Waals surface area contributed by atoms with Crippen LogP contribution in [0.3, 0.4) is 0 Å². The molecule has 0 saturated carbocycles. The van der Waals surface area contributed by atoms with Crippen LogP contribution in [0, 0.1) is 0 Å². The fraction of sp³-hybridized carbons (Fsp3) is 0.238. The Hall–Kier alpha value is -3.08. The van der Waals surface area contributed by atoms with Crippen LogP contribution in [-0.4, -0.2) is 21.9 Å². The largest absolute Gasteiger partial charge is 0.334 e. The van der Waals surface area contributed by atoms with Gasteiger partial charge in [-0.2, -0.15) is 5.10 Å². The number of benzene rings is 2. The van der Waals surface area contributed by atoms with E-state index in [2.05, 4.69) is 52.1 Å². The lowest BCUT2D eigenvalue weighted by Crippen LogP contribution is -2.43. The summed E-state index contributed by atoms with van der Waals surface area (Å²) in [5.41, 5.74) is 3.42. The van der Waals surface area contributed by atoms with Crippen LogP contribution in [0.5, 0.6) is 0 Å². The van der Waals surface area contributed by atoms with Crippen molar-refractivity contribution in [3.8, 4) is 11.1 Å². The minimum absolute atomic E-state index is 0.0115. The second kappa shape index (κ2) is 8.34. The van der Waals surface area contributed by atoms with Crippen LogP contribution in [-0.2, 0) is 6.54 Å². The molecule has 5 heteroatoms. The maximum absolute atomic E-state index is 12.2. The Bertz CT molecular complexity index is 813. The van der Waals surface area contributed by atoms with Gasteiger partial charge in [0.05, 0.1) is 12.6 Å². The molecule has 0 radical (unpaired) electrons. The summed E-state index contributed by atoms with van der Waals surface area (Å²) in [4.78, 5) is 12.2. The van der Waals surface area contributed by atoms with Gasteiger partial charge in [-0.15, -0.1) is 0 Å². The van der Waals surface area contributed by atoms with Crippen molar-refractivity contribution in [2.75, 3.05) is 0 Å². The maximum atomic E-state index is 12.2. The normalized spacial score (nSPS) is 13.0. The van der Waals surface area contributed by atoms with Crippen molar-refractivity contribution in [2.45, 2.75) is 32.5 Å². The van der Waals surface area contributed by atoms with Crippen molar-refractivity contribution < 1.29 is 4.79 Å². The maximum Gasteiger partial charge on any atom is 0.315 e. The lowest BCUT2D eigenvalue weighted by molar-refractivity contribution is 0.233. The number of hydrogen-bond acceptors (Lipinski definition) is 2. The molecule has 0 aliphatic heterocycles. The minimum Gasteiger partial charge on any atom is -0.334 e. The molecular formula is C21H24N4O. The molecule has 134 valence electrons. The van der Waals surface area contributed by atoms with Gasteiger partial charge in [0.25, 0.3) is 0 Å². The molecule has 2 atom stereocenters. The molecule has 3 rings (SSSR count). The molecule has 0 aliphatic rings. The predicted octanol–water partition coefficient (Wildman–Crippen LogP) is 4.00. The van der Waals surface area contributed by atoms with Gasteiger partial charge in [0, 0.05) is 18.4 Å². The smallest absolute Gasteiger partial charge is 0.315 e. The highest BCUT2D eigenvalue weighted by Crippen LogP contribution is 2.21. The number of carbonyl (C=O) groups is 1. The van der Waals surface area contributed by atoms with E-state index in [1.54, 1.807) is 10.9 Å². The number of carbonyl (C=O) groups excluding carboxylic acids is 1. The summed E-state index contributed by atoms with van der Waals surface area (Å²) in [5, 5.41) is 10.1. The van der Waals surface area contributed by atoms with Crippen molar-refractivity contribution >= 4 is 6.03 Å². The molecule has 5 nitrogen and oxygen atoms in total. The lowest BCUT2D eigenvalue weighted by Gasteiger charge is -2.19. The standard InChI is InChI=1S/C21H24N4O/c1-16(15-25-14-6-13-22-25)23-21(26)24-17(2)18-9-11-20(12-10-18)19-7-4-3-5-8-19/h3-14,16-17H,15H2,1-2H3,(H2,23,24,26)/t16-,17-/m1/s1. The number of aromatic nitrogens is 2. The van der Waals surface area contributed by atoms with Crippen molar-refractivity contribution in [1.82, 2.24) is 20.4 Å². The first-order valence-corrected chi connectivity index (χ1v) is 8.81. The Labute approximate surface area is 154 Å². The van der Waals surface area contributed by atoms with E-state index in [9.17, 15) is 4.79 Å². The quantitative estimate of drug-likeness (QED) is 0.707. The van der Waals surface area contributed by atoms with Crippen LogP contribution in [0.25, 0.3) is 11.1 Å². The molecule has 0 bridgehead atoms. The molecule has 1 aromatic heterocycles. The molecule has 0 spiro atoms. The van der Waals surface area contributed by atoms with Gasteiger partial charge in [-0.3, -0.25) is 4.68 Å². The highest BCUT2D eigenvalue weighted by atomic mass is 16.2. The van der Waals surface area contributed by atoms with Gasteiger partial charge in [-0.05, 0) is 36.6 Å². The molecule has 0 fully saturated rings. The third kappa shape index (κ3) is 4.72. The molecular weight excluding hydrogens is 324 g/mol. The van der Waals surface area contributed by atoms with E-state index < -0.39 is 0 Å². The third-order valence-corrected chi connectivity index (χ3v) is 4.26. The average Bonchev–Trinajstić information content (AvgIpc) is 3.15. The van der Waals surface area contributed by atoms with Crippen LogP contribution in [0.4, 0.5) is 4.79 Å². The number of amides is 2. The van der Waals surface area contributed by atoms with Crippen LogP contribution >= 0.6 is 0 Å². The molecule has 2 N–H and O–H groups in total. The summed E-state index contributed by atoms with van der Waals surface area (Å²) in [6, 6.07) is 20.1. The van der Waals surface area contributed by atoms with Crippen LogP contribution in [0.15, 0.2) is 73.1 Å². The van der Waals surface area contributed by atoms with Gasteiger partial charge < -0.3 is 10.6 Å². The number of hydrogen-bond donors (Lipinski definition) is 2. The van der Waals surface area contributed by atoms with E-state index in [0.29, 0.717) is 6.54 Å². The van der Waals surface area contributed by atoms with Crippen molar-refractivity contribution in [3.05, 3.63) is 78.6 Å². The zero-order chi connectivity index (χ0) is 18.4. The zero-order valence-electron chi connectivity index (χ0n) is 15.1. The summed E-state index contributed by atoms with van der Waals surface area (Å²) in [6.45, 7) is 4.58. The predicted molar refractivity (Wildman–Crippen MR) is 104 cm³/mol. The second-order valence-electron chi connectivity index (χ2n) is 6.46. The Morgan fingerprint density at radius 3 is 2.31 bits per heavy atom. The van der Waals surface area contributed by atoms with E-state index in [4.69, 9.17) is 0 Å². The van der Waals surface area contributed by atoms with Crippen LogP contribution in [0.1, 0.15) is 25.5 Å². The molecule has 26 heavy (non-hydrogen) atoms. The third-order valence-electron chi connectivity index (χ3n) is 4.26. The monoisotopic (exact) mass is 348 g/mol. The Kier molecular flexibility index (Phi) is 5.69. The van der Waals surface area contributed by atoms with E-state index in [1.165, 1.54) is 11.1 Å². The minimum atomic E-state index is -0.177. The van der Waals surface area contributed by atoms with Gasteiger partial charge in [-0.1, -0.05) is 54.6 Å². The first-order valence-electron chi connectivity index (χ1n) is 8.81. The molecule has 0 unspecified atom stereocenters. The molecule has 0 aliphatic carbocycles. The SMILES string of the molecule is C[C@H](Cn1cccn1)NC(=O)N[C@H](C)c1ccc(-c2ccccc2)cc1. The Morgan fingerprint density at radius 2 is 1.65 bits per heavy atom. The van der Waals surface area contributed by atoms with Gasteiger partial charge >= 0.3 is 6.03 Å². The van der Waals surface area contributed by atoms with Gasteiger partial charge in [0.15, 0.2) is 0 Å². The lowest BCUT2D eigenvalue weighted by atomic mass is 10.0. The van der Waals surface area contributed by atoms with Crippen molar-refractivity contribution in [2.24, 2.45) is 0 Å². The zero-order valence-corrected chi connectivity index (χ0v) is 15.1. The number of urea groups is 1. The Balaban J connectivity index is 1.54. The fourth-order valence-corrected chi connectivity index (χ4v) is 2.87. The summed E-state index contributed by atoms with van der Waals surface area (Å²) in [7, 11) is 0. The van der Waals surface area contributed by atoms with E-state index in [1.807, 2.05) is 44.3 Å². The molecule has 3 aromatic rings. The molecule has 1 heterocycles. The summed E-state index contributed by atoms with van der Waals surface area (Å²) in [6.07, 6.45) is 3.61. The highest BCUT2D eigenvalue weighted by molar-refractivity contribution is 5.74. The molecule has 2 amide bonds. The average molecular weight is 348 g/mol. The second-order valence-corrected chi connectivity index (χ2v) is 6.46. The number of nitrogens with zero attached hydrogens (tertiary/aromatic N) is 2. The van der Waals surface area contributed by atoms with Gasteiger partial charge in [-0.25, -0.2) is 4.79 Å². The van der Waals surface area contributed by atoms with Crippen LogP contribution < -0.4 is 10.6 Å². The molecule has 0 saturated heterocycles. The Morgan fingerprint density at radius 1 is 0.962 bits per heavy atom. The summed E-state index contributed by atoms with van der Waals surface area (Å²) in [5.74, 6) is 0. The summed E-state index contributed by atoms with van der Waals surface area (Å²) < 4.78 is 1.80. The van der Waals surface area contributed by atoms with Crippen molar-refractivity contribution in [3.63, 3.8) is 0 Å². The van der Waals surface area contributed by atoms with Crippen LogP contribution in [0.2, 0.25) is 0 Å². The number of nitrogens with one attached hydrogen (secondary N) is 2. The first kappa shape index (κ1) is 17.7. The molecule has 2 aromatic carbocycles.